The molecule has 1 aromatic heterocycles. The fourth-order valence-corrected chi connectivity index (χ4v) is 2.20. The molecular weight excluding hydrogens is 258 g/mol. The molecule has 18 heavy (non-hydrogen) atoms. The maximum Gasteiger partial charge on any atom is 0.343 e. The van der Waals surface area contributed by atoms with E-state index < -0.39 is 4.92 Å². The molecule has 3 N–H and O–H groups in total. The van der Waals surface area contributed by atoms with Gasteiger partial charge in [0, 0.05) is 29.8 Å². The fraction of sp³-hybridized carbons (Fsp3) is 0.111. The van der Waals surface area contributed by atoms with Gasteiger partial charge in [-0.15, -0.1) is 5.10 Å². The summed E-state index contributed by atoms with van der Waals surface area (Å²) in [5, 5.41) is 17.2. The smallest absolute Gasteiger partial charge is 0.343 e. The normalized spacial score (nSPS) is 10.5. The third-order valence-corrected chi connectivity index (χ3v) is 3.19. The standard InChI is InChI=1S/C9H9N5O3S/c1-13-8(15)11-12-9(13)18-7-3-5(10)2-6(4-7)14(16)17/h2-4H,10H2,1H3,(H,11,15). The van der Waals surface area contributed by atoms with Gasteiger partial charge in [-0.05, 0) is 17.8 Å². The summed E-state index contributed by atoms with van der Waals surface area (Å²) >= 11 is 1.12. The van der Waals surface area contributed by atoms with Crippen molar-refractivity contribution in [1.29, 1.82) is 0 Å². The van der Waals surface area contributed by atoms with E-state index in [-0.39, 0.29) is 17.1 Å². The number of nitrogens with one attached hydrogen (secondary N) is 1. The van der Waals surface area contributed by atoms with Gasteiger partial charge in [0.25, 0.3) is 5.69 Å². The number of rotatable bonds is 3. The highest BCUT2D eigenvalue weighted by molar-refractivity contribution is 7.99. The molecule has 1 heterocycles. The molecule has 9 heteroatoms. The number of nitro groups is 1. The van der Waals surface area contributed by atoms with Crippen molar-refractivity contribution in [2.45, 2.75) is 10.1 Å². The van der Waals surface area contributed by atoms with E-state index in [1.165, 1.54) is 16.7 Å². The summed E-state index contributed by atoms with van der Waals surface area (Å²) in [5.41, 5.74) is 5.41. The Balaban J connectivity index is 2.37. The number of hydrogen-bond donors (Lipinski definition) is 2. The van der Waals surface area contributed by atoms with Gasteiger partial charge in [-0.3, -0.25) is 14.7 Å². The van der Waals surface area contributed by atoms with Crippen LogP contribution in [0, 0.1) is 10.1 Å². The van der Waals surface area contributed by atoms with E-state index >= 15 is 0 Å². The van der Waals surface area contributed by atoms with Crippen molar-refractivity contribution in [3.8, 4) is 0 Å². The van der Waals surface area contributed by atoms with E-state index in [0.29, 0.717) is 10.1 Å². The minimum atomic E-state index is -0.524. The van der Waals surface area contributed by atoms with Crippen molar-refractivity contribution in [3.05, 3.63) is 38.8 Å². The van der Waals surface area contributed by atoms with E-state index in [4.69, 9.17) is 5.73 Å². The van der Waals surface area contributed by atoms with E-state index in [9.17, 15) is 14.9 Å². The molecule has 0 saturated heterocycles. The van der Waals surface area contributed by atoms with Crippen LogP contribution in [0.3, 0.4) is 0 Å². The quantitative estimate of drug-likeness (QED) is 0.481. The maximum atomic E-state index is 11.2. The molecule has 8 nitrogen and oxygen atoms in total. The Labute approximate surface area is 105 Å². The first-order chi connectivity index (χ1) is 8.47. The van der Waals surface area contributed by atoms with Crippen molar-refractivity contribution in [3.63, 3.8) is 0 Å². The van der Waals surface area contributed by atoms with Crippen LogP contribution in [0.4, 0.5) is 11.4 Å². The monoisotopic (exact) mass is 267 g/mol. The molecular formula is C9H9N5O3S. The molecule has 0 aliphatic carbocycles. The predicted molar refractivity (Wildman–Crippen MR) is 65.5 cm³/mol. The van der Waals surface area contributed by atoms with Gasteiger partial charge < -0.3 is 5.73 Å². The fourth-order valence-electron chi connectivity index (χ4n) is 1.30. The molecule has 0 saturated carbocycles. The average Bonchev–Trinajstić information content (AvgIpc) is 2.60. The first-order valence-electron chi connectivity index (χ1n) is 4.81. The molecule has 0 aliphatic heterocycles. The molecule has 94 valence electrons. The first kappa shape index (κ1) is 12.2. The molecule has 2 aromatic rings. The Morgan fingerprint density at radius 2 is 2.22 bits per heavy atom. The molecule has 0 spiro atoms. The predicted octanol–water partition coefficient (Wildman–Crippen LogP) is 0.750. The summed E-state index contributed by atoms with van der Waals surface area (Å²) < 4.78 is 1.31. The van der Waals surface area contributed by atoms with Crippen LogP contribution in [0.15, 0.2) is 33.0 Å². The first-order valence-corrected chi connectivity index (χ1v) is 5.63. The van der Waals surface area contributed by atoms with Crippen molar-refractivity contribution < 1.29 is 4.92 Å². The Morgan fingerprint density at radius 3 is 2.78 bits per heavy atom. The third kappa shape index (κ3) is 2.35. The number of benzene rings is 1. The van der Waals surface area contributed by atoms with Gasteiger partial charge in [-0.25, -0.2) is 9.89 Å². The number of non-ortho nitro benzene ring substituents is 1. The van der Waals surface area contributed by atoms with Crippen LogP contribution >= 0.6 is 11.8 Å². The largest absolute Gasteiger partial charge is 0.398 e. The second kappa shape index (κ2) is 4.53. The summed E-state index contributed by atoms with van der Waals surface area (Å²) in [5.74, 6) is 0. The Morgan fingerprint density at radius 1 is 1.50 bits per heavy atom. The van der Waals surface area contributed by atoms with Gasteiger partial charge in [0.05, 0.1) is 4.92 Å². The molecule has 0 aliphatic rings. The van der Waals surface area contributed by atoms with E-state index in [1.54, 1.807) is 13.1 Å². The summed E-state index contributed by atoms with van der Waals surface area (Å²) in [6.45, 7) is 0. The number of H-pyrrole nitrogens is 1. The summed E-state index contributed by atoms with van der Waals surface area (Å²) in [4.78, 5) is 21.9. The van der Waals surface area contributed by atoms with E-state index in [1.807, 2.05) is 0 Å². The van der Waals surface area contributed by atoms with Gasteiger partial charge >= 0.3 is 5.69 Å². The van der Waals surface area contributed by atoms with Crippen molar-refractivity contribution in [1.82, 2.24) is 14.8 Å². The van der Waals surface area contributed by atoms with Gasteiger partial charge in [0.15, 0.2) is 5.16 Å². The maximum absolute atomic E-state index is 11.2. The molecule has 0 bridgehead atoms. The highest BCUT2D eigenvalue weighted by Crippen LogP contribution is 2.30. The third-order valence-electron chi connectivity index (χ3n) is 2.17. The Bertz CT molecular complexity index is 662. The molecule has 0 amide bonds. The second-order valence-corrected chi connectivity index (χ2v) is 4.53. The number of hydrogen-bond acceptors (Lipinski definition) is 6. The van der Waals surface area contributed by atoms with E-state index in [0.717, 1.165) is 11.8 Å². The lowest BCUT2D eigenvalue weighted by molar-refractivity contribution is -0.385. The number of aromatic amines is 1. The number of nitrogens with two attached hydrogens (primary N) is 1. The van der Waals surface area contributed by atoms with Crippen LogP contribution in [0.5, 0.6) is 0 Å². The number of anilines is 1. The zero-order valence-corrected chi connectivity index (χ0v) is 10.1. The van der Waals surface area contributed by atoms with Crippen LogP contribution < -0.4 is 11.4 Å². The highest BCUT2D eigenvalue weighted by atomic mass is 32.2. The Hall–Kier alpha value is -2.29. The minimum Gasteiger partial charge on any atom is -0.398 e. The van der Waals surface area contributed by atoms with Crippen molar-refractivity contribution in [2.75, 3.05) is 5.73 Å². The van der Waals surface area contributed by atoms with Gasteiger partial charge in [-0.2, -0.15) is 0 Å². The minimum absolute atomic E-state index is 0.0990. The Kier molecular flexibility index (Phi) is 3.06. The van der Waals surface area contributed by atoms with E-state index in [2.05, 4.69) is 10.2 Å². The molecule has 1 aromatic carbocycles. The number of aromatic nitrogens is 3. The average molecular weight is 267 g/mol. The van der Waals surface area contributed by atoms with Crippen molar-refractivity contribution >= 4 is 23.1 Å². The number of nitrogens with zero attached hydrogens (tertiary/aromatic N) is 3. The molecule has 0 atom stereocenters. The number of nitro benzene ring substituents is 1. The van der Waals surface area contributed by atoms with Crippen LogP contribution in [0.1, 0.15) is 0 Å². The van der Waals surface area contributed by atoms with Gasteiger partial charge in [0.1, 0.15) is 0 Å². The van der Waals surface area contributed by atoms with Gasteiger partial charge in [0.2, 0.25) is 0 Å². The van der Waals surface area contributed by atoms with Crippen molar-refractivity contribution in [2.24, 2.45) is 7.05 Å². The molecule has 0 fully saturated rings. The zero-order valence-electron chi connectivity index (χ0n) is 9.28. The SMILES string of the molecule is Cn1c(Sc2cc(N)cc([N+](=O)[O-])c2)n[nH]c1=O. The van der Waals surface area contributed by atoms with Crippen LogP contribution in [0.2, 0.25) is 0 Å². The zero-order chi connectivity index (χ0) is 13.3. The van der Waals surface area contributed by atoms with Crippen LogP contribution in [0.25, 0.3) is 0 Å². The lowest BCUT2D eigenvalue weighted by Crippen LogP contribution is -2.12. The van der Waals surface area contributed by atoms with Crippen LogP contribution in [-0.4, -0.2) is 19.7 Å². The lowest BCUT2D eigenvalue weighted by atomic mass is 10.3. The molecule has 0 radical (unpaired) electrons. The summed E-state index contributed by atoms with van der Waals surface area (Å²) in [6.07, 6.45) is 0. The van der Waals surface area contributed by atoms with Crippen LogP contribution in [-0.2, 0) is 7.05 Å². The second-order valence-electron chi connectivity index (χ2n) is 3.49. The number of nitrogen functional groups attached to an aromatic ring is 1. The topological polar surface area (TPSA) is 120 Å². The van der Waals surface area contributed by atoms with Gasteiger partial charge in [-0.1, -0.05) is 0 Å². The molecule has 0 unspecified atom stereocenters. The molecule has 2 rings (SSSR count). The highest BCUT2D eigenvalue weighted by Gasteiger charge is 2.12. The lowest BCUT2D eigenvalue weighted by Gasteiger charge is -2.02. The summed E-state index contributed by atoms with van der Waals surface area (Å²) in [7, 11) is 1.55. The summed E-state index contributed by atoms with van der Waals surface area (Å²) in [6, 6.07) is 4.23.